The number of rotatable bonds is 7. The van der Waals surface area contributed by atoms with Gasteiger partial charge in [0, 0.05) is 37.3 Å². The smallest absolute Gasteiger partial charge is 0.339 e. The lowest BCUT2D eigenvalue weighted by atomic mass is 9.88. The van der Waals surface area contributed by atoms with Crippen LogP contribution in [-0.2, 0) is 42.6 Å². The molecule has 2 atom stereocenters. The highest BCUT2D eigenvalue weighted by Gasteiger charge is 2.39. The number of aromatic nitrogens is 2. The van der Waals surface area contributed by atoms with Crippen LogP contribution in [0.4, 0.5) is 17.6 Å². The van der Waals surface area contributed by atoms with Crippen molar-refractivity contribution in [1.29, 1.82) is 0 Å². The molecule has 2 aliphatic rings. The summed E-state index contributed by atoms with van der Waals surface area (Å²) in [6, 6.07) is 8.50. The van der Waals surface area contributed by atoms with Gasteiger partial charge in [-0.05, 0) is 61.2 Å². The van der Waals surface area contributed by atoms with Crippen molar-refractivity contribution in [1.82, 2.24) is 19.2 Å². The van der Waals surface area contributed by atoms with Crippen LogP contribution in [0.1, 0.15) is 40.2 Å². The number of imidazole rings is 1. The molecule has 2 aromatic carbocycles. The average Bonchev–Trinajstić information content (AvgIpc) is 3.35. The molecule has 2 unspecified atom stereocenters. The molecule has 2 heterocycles. The van der Waals surface area contributed by atoms with Crippen molar-refractivity contribution in [2.24, 2.45) is 7.05 Å². The van der Waals surface area contributed by atoms with Crippen LogP contribution in [0.2, 0.25) is 0 Å². The summed E-state index contributed by atoms with van der Waals surface area (Å²) in [6.07, 6.45) is 0.321. The maximum Gasteiger partial charge on any atom is 0.416 e. The van der Waals surface area contributed by atoms with E-state index in [4.69, 9.17) is 0 Å². The van der Waals surface area contributed by atoms with Gasteiger partial charge in [0.1, 0.15) is 5.82 Å². The van der Waals surface area contributed by atoms with Gasteiger partial charge in [-0.1, -0.05) is 24.3 Å². The molecule has 1 aliphatic heterocycles. The summed E-state index contributed by atoms with van der Waals surface area (Å²) >= 11 is 0. The Morgan fingerprint density at radius 3 is 2.58 bits per heavy atom. The van der Waals surface area contributed by atoms with E-state index in [9.17, 15) is 26.0 Å². The molecule has 0 radical (unpaired) electrons. The number of sulfonamides is 1. The molecular weight excluding hydrogens is 496 g/mol. The second-order valence-corrected chi connectivity index (χ2v) is 11.2. The number of alkyl halides is 3. The SMILES string of the molecule is Cn1cnc(S(=O)(=O)NCc2cc3c(cc2F)CC(N2CCC2)C3Cc2cccc(C(F)(F)F)c2)c1. The fraction of sp³-hybridized carbons (Fsp3) is 0.400. The number of benzene rings is 2. The number of hydrogen-bond donors (Lipinski definition) is 1. The number of aryl methyl sites for hydroxylation is 1. The van der Waals surface area contributed by atoms with Gasteiger partial charge < -0.3 is 4.57 Å². The summed E-state index contributed by atoms with van der Waals surface area (Å²) in [6.45, 7) is 1.54. The largest absolute Gasteiger partial charge is 0.416 e. The quantitative estimate of drug-likeness (QED) is 0.477. The highest BCUT2D eigenvalue weighted by molar-refractivity contribution is 7.89. The predicted molar refractivity (Wildman–Crippen MR) is 125 cm³/mol. The van der Waals surface area contributed by atoms with E-state index in [1.807, 2.05) is 0 Å². The molecule has 3 aromatic rings. The lowest BCUT2D eigenvalue weighted by Crippen LogP contribution is -2.47. The summed E-state index contributed by atoms with van der Waals surface area (Å²) in [4.78, 5) is 6.13. The lowest BCUT2D eigenvalue weighted by molar-refractivity contribution is -0.137. The van der Waals surface area contributed by atoms with Crippen molar-refractivity contribution < 1.29 is 26.0 Å². The zero-order valence-corrected chi connectivity index (χ0v) is 20.4. The van der Waals surface area contributed by atoms with Gasteiger partial charge in [-0.25, -0.2) is 22.5 Å². The van der Waals surface area contributed by atoms with Crippen LogP contribution in [0.15, 0.2) is 53.9 Å². The summed E-state index contributed by atoms with van der Waals surface area (Å²) in [5.74, 6) is -0.643. The van der Waals surface area contributed by atoms with Crippen molar-refractivity contribution in [3.8, 4) is 0 Å². The lowest BCUT2D eigenvalue weighted by Gasteiger charge is -2.39. The Hall–Kier alpha value is -2.76. The zero-order chi connectivity index (χ0) is 25.7. The highest BCUT2D eigenvalue weighted by Crippen LogP contribution is 2.42. The molecular formula is C25H26F4N4O2S. The van der Waals surface area contributed by atoms with E-state index < -0.39 is 27.6 Å². The van der Waals surface area contributed by atoms with E-state index in [2.05, 4.69) is 14.6 Å². The van der Waals surface area contributed by atoms with Crippen LogP contribution < -0.4 is 4.72 Å². The number of fused-ring (bicyclic) bond motifs is 1. The van der Waals surface area contributed by atoms with Crippen molar-refractivity contribution in [2.45, 2.75) is 49.0 Å². The molecule has 1 aliphatic carbocycles. The van der Waals surface area contributed by atoms with Gasteiger partial charge in [-0.2, -0.15) is 13.2 Å². The van der Waals surface area contributed by atoms with Gasteiger partial charge in [0.2, 0.25) is 0 Å². The summed E-state index contributed by atoms with van der Waals surface area (Å²) < 4.78 is 83.9. The third kappa shape index (κ3) is 4.91. The predicted octanol–water partition coefficient (Wildman–Crippen LogP) is 4.01. The third-order valence-electron chi connectivity index (χ3n) is 7.08. The number of halogens is 4. The van der Waals surface area contributed by atoms with Crippen molar-refractivity contribution >= 4 is 10.0 Å². The molecule has 11 heteroatoms. The van der Waals surface area contributed by atoms with E-state index in [0.717, 1.165) is 36.7 Å². The molecule has 0 amide bonds. The Kier molecular flexibility index (Phi) is 6.42. The number of hydrogen-bond acceptors (Lipinski definition) is 4. The van der Waals surface area contributed by atoms with Crippen molar-refractivity contribution in [3.63, 3.8) is 0 Å². The van der Waals surface area contributed by atoms with Gasteiger partial charge in [0.05, 0.1) is 11.9 Å². The number of nitrogens with one attached hydrogen (secondary N) is 1. The first-order chi connectivity index (χ1) is 17.0. The maximum atomic E-state index is 15.0. The van der Waals surface area contributed by atoms with E-state index in [1.165, 1.54) is 35.3 Å². The first kappa shape index (κ1) is 24.9. The molecule has 1 fully saturated rings. The van der Waals surface area contributed by atoms with Crippen LogP contribution in [0.25, 0.3) is 0 Å². The van der Waals surface area contributed by atoms with E-state index in [-0.39, 0.29) is 29.1 Å². The van der Waals surface area contributed by atoms with Crippen molar-refractivity contribution in [3.05, 3.63) is 82.6 Å². The molecule has 36 heavy (non-hydrogen) atoms. The molecule has 5 rings (SSSR count). The Morgan fingerprint density at radius 2 is 1.94 bits per heavy atom. The Bertz CT molecular complexity index is 1380. The Morgan fingerprint density at radius 1 is 1.17 bits per heavy atom. The third-order valence-corrected chi connectivity index (χ3v) is 8.37. The van der Waals surface area contributed by atoms with E-state index in [1.54, 1.807) is 19.2 Å². The van der Waals surface area contributed by atoms with Gasteiger partial charge in [-0.3, -0.25) is 4.90 Å². The van der Waals surface area contributed by atoms with Gasteiger partial charge in [0.15, 0.2) is 5.03 Å². The zero-order valence-electron chi connectivity index (χ0n) is 19.6. The average molecular weight is 523 g/mol. The Balaban J connectivity index is 1.43. The second kappa shape index (κ2) is 9.28. The fourth-order valence-electron chi connectivity index (χ4n) is 5.12. The van der Waals surface area contributed by atoms with E-state index in [0.29, 0.717) is 18.4 Å². The first-order valence-corrected chi connectivity index (χ1v) is 13.2. The summed E-state index contributed by atoms with van der Waals surface area (Å²) in [7, 11) is -2.29. The van der Waals surface area contributed by atoms with Crippen LogP contribution in [0.5, 0.6) is 0 Å². The first-order valence-electron chi connectivity index (χ1n) is 11.7. The minimum absolute atomic E-state index is 0.0585. The fourth-order valence-corrected chi connectivity index (χ4v) is 6.10. The second-order valence-electron chi connectivity index (χ2n) is 9.51. The molecule has 6 nitrogen and oxygen atoms in total. The summed E-state index contributed by atoms with van der Waals surface area (Å²) in [5.41, 5.74) is 1.74. The van der Waals surface area contributed by atoms with Gasteiger partial charge in [0.25, 0.3) is 10.0 Å². The molecule has 0 bridgehead atoms. The topological polar surface area (TPSA) is 67.2 Å². The minimum Gasteiger partial charge on any atom is -0.339 e. The number of nitrogens with zero attached hydrogens (tertiary/aromatic N) is 3. The monoisotopic (exact) mass is 522 g/mol. The van der Waals surface area contributed by atoms with Crippen LogP contribution in [-0.4, -0.2) is 42.0 Å². The van der Waals surface area contributed by atoms with Gasteiger partial charge >= 0.3 is 6.18 Å². The van der Waals surface area contributed by atoms with Crippen LogP contribution in [0.3, 0.4) is 0 Å². The maximum absolute atomic E-state index is 15.0. The summed E-state index contributed by atoms with van der Waals surface area (Å²) in [5, 5.41) is -0.160. The van der Waals surface area contributed by atoms with Crippen LogP contribution >= 0.6 is 0 Å². The minimum atomic E-state index is -4.43. The molecule has 0 spiro atoms. The normalized spacial score (nSPS) is 20.4. The van der Waals surface area contributed by atoms with Crippen LogP contribution in [0, 0.1) is 5.82 Å². The Labute approximate surface area is 207 Å². The molecule has 0 saturated carbocycles. The molecule has 1 aromatic heterocycles. The highest BCUT2D eigenvalue weighted by atomic mass is 32.2. The number of likely N-dealkylation sites (tertiary alicyclic amines) is 1. The van der Waals surface area contributed by atoms with Gasteiger partial charge in [-0.15, -0.1) is 0 Å². The standard InChI is InChI=1S/C25H26F4N4O2S/c1-32-14-24(30-15-32)36(34,35)31-13-18-10-20-17(11-22(18)26)12-23(33-6-3-7-33)21(20)9-16-4-2-5-19(8-16)25(27,28)29/h2,4-5,8,10-11,14-15,21,23,31H,3,6-7,9,12-13H2,1H3. The molecule has 1 saturated heterocycles. The molecule has 1 N–H and O–H groups in total. The van der Waals surface area contributed by atoms with E-state index >= 15 is 0 Å². The molecule has 192 valence electrons. The van der Waals surface area contributed by atoms with Crippen molar-refractivity contribution in [2.75, 3.05) is 13.1 Å².